The molecule has 0 aliphatic rings. The van der Waals surface area contributed by atoms with Crippen LogP contribution in [-0.2, 0) is 11.2 Å². The van der Waals surface area contributed by atoms with Crippen LogP contribution in [-0.4, -0.2) is 35.1 Å². The molecule has 0 saturated heterocycles. The van der Waals surface area contributed by atoms with Crippen molar-refractivity contribution >= 4 is 45.3 Å². The number of pyridine rings is 1. The Kier molecular flexibility index (Phi) is 5.73. The van der Waals surface area contributed by atoms with E-state index in [1.165, 1.54) is 7.11 Å². The van der Waals surface area contributed by atoms with Gasteiger partial charge in [-0.3, -0.25) is 4.79 Å². The predicted molar refractivity (Wildman–Crippen MR) is 120 cm³/mol. The van der Waals surface area contributed by atoms with Crippen LogP contribution in [0.25, 0.3) is 21.8 Å². The standard InChI is InChI=1S/C24H19ClN2O4/c1-31-21-11-10-14(12-17(21)25)13-20(24(29)30)27-23(28)22-15-6-2-4-8-18(15)26-19-9-5-3-7-16(19)22/h2-12,20H,13H2,1H3,(H,27,28)(H,29,30)/t20-/m0/s1. The van der Waals surface area contributed by atoms with Crippen molar-refractivity contribution in [3.8, 4) is 5.75 Å². The number of fused-ring (bicyclic) bond motifs is 2. The van der Waals surface area contributed by atoms with E-state index < -0.39 is 17.9 Å². The Labute approximate surface area is 183 Å². The van der Waals surface area contributed by atoms with Gasteiger partial charge in [0.2, 0.25) is 0 Å². The molecule has 0 radical (unpaired) electrons. The molecule has 0 saturated carbocycles. The molecule has 4 aromatic rings. The maximum absolute atomic E-state index is 13.3. The van der Waals surface area contributed by atoms with Gasteiger partial charge in [0.1, 0.15) is 11.8 Å². The topological polar surface area (TPSA) is 88.5 Å². The van der Waals surface area contributed by atoms with Crippen molar-refractivity contribution in [2.24, 2.45) is 0 Å². The minimum absolute atomic E-state index is 0.0751. The summed E-state index contributed by atoms with van der Waals surface area (Å²) >= 11 is 6.16. The lowest BCUT2D eigenvalue weighted by Crippen LogP contribution is -2.42. The lowest BCUT2D eigenvalue weighted by molar-refractivity contribution is -0.139. The van der Waals surface area contributed by atoms with E-state index >= 15 is 0 Å². The molecule has 1 aromatic heterocycles. The number of rotatable bonds is 6. The second-order valence-corrected chi connectivity index (χ2v) is 7.47. The van der Waals surface area contributed by atoms with Gasteiger partial charge in [-0.05, 0) is 29.8 Å². The molecule has 6 nitrogen and oxygen atoms in total. The molecule has 4 rings (SSSR count). The molecule has 0 fully saturated rings. The second kappa shape index (κ2) is 8.62. The first kappa shape index (κ1) is 20.6. The number of carbonyl (C=O) groups excluding carboxylic acids is 1. The van der Waals surface area contributed by atoms with Gasteiger partial charge >= 0.3 is 5.97 Å². The number of hydrogen-bond acceptors (Lipinski definition) is 4. The molecule has 1 atom stereocenters. The average Bonchev–Trinajstić information content (AvgIpc) is 2.77. The van der Waals surface area contributed by atoms with Crippen LogP contribution in [0, 0.1) is 0 Å². The van der Waals surface area contributed by atoms with Crippen LogP contribution in [0.4, 0.5) is 0 Å². The van der Waals surface area contributed by atoms with Gasteiger partial charge in [0.25, 0.3) is 5.91 Å². The summed E-state index contributed by atoms with van der Waals surface area (Å²) in [5, 5.41) is 14.1. The third-order valence-corrected chi connectivity index (χ3v) is 5.37. The van der Waals surface area contributed by atoms with Crippen LogP contribution in [0.3, 0.4) is 0 Å². The van der Waals surface area contributed by atoms with E-state index in [4.69, 9.17) is 16.3 Å². The highest BCUT2D eigenvalue weighted by Gasteiger charge is 2.24. The highest BCUT2D eigenvalue weighted by atomic mass is 35.5. The summed E-state index contributed by atoms with van der Waals surface area (Å²) in [6.45, 7) is 0. The summed E-state index contributed by atoms with van der Waals surface area (Å²) in [5.74, 6) is -1.11. The Bertz CT molecular complexity index is 1250. The number of nitrogens with one attached hydrogen (secondary N) is 1. The van der Waals surface area contributed by atoms with Crippen LogP contribution in [0.15, 0.2) is 66.7 Å². The number of hydrogen-bond donors (Lipinski definition) is 2. The molecule has 1 heterocycles. The predicted octanol–water partition coefficient (Wildman–Crippen LogP) is 4.48. The van der Waals surface area contributed by atoms with Crippen molar-refractivity contribution in [1.29, 1.82) is 0 Å². The molecule has 0 bridgehead atoms. The van der Waals surface area contributed by atoms with Gasteiger partial charge in [-0.25, -0.2) is 9.78 Å². The summed E-state index contributed by atoms with van der Waals surface area (Å²) in [5.41, 5.74) is 2.41. The fraction of sp³-hybridized carbons (Fsp3) is 0.125. The number of methoxy groups -OCH3 is 1. The second-order valence-electron chi connectivity index (χ2n) is 7.06. The smallest absolute Gasteiger partial charge is 0.326 e. The summed E-state index contributed by atoms with van der Waals surface area (Å²) < 4.78 is 5.13. The van der Waals surface area contributed by atoms with Gasteiger partial charge < -0.3 is 15.2 Å². The van der Waals surface area contributed by atoms with Crippen LogP contribution in [0.5, 0.6) is 5.75 Å². The number of carbonyl (C=O) groups is 2. The average molecular weight is 435 g/mol. The van der Waals surface area contributed by atoms with Gasteiger partial charge in [-0.1, -0.05) is 54.1 Å². The Morgan fingerprint density at radius 1 is 1.03 bits per heavy atom. The van der Waals surface area contributed by atoms with Crippen molar-refractivity contribution in [3.63, 3.8) is 0 Å². The number of ether oxygens (including phenoxy) is 1. The Morgan fingerprint density at radius 2 is 1.65 bits per heavy atom. The SMILES string of the molecule is COc1ccc(C[C@H](NC(=O)c2c3ccccc3nc3ccccc23)C(=O)O)cc1Cl. The number of nitrogens with zero attached hydrogens (tertiary/aromatic N) is 1. The number of carboxylic acid groups (broad SMARTS) is 1. The zero-order valence-electron chi connectivity index (χ0n) is 16.6. The zero-order chi connectivity index (χ0) is 22.0. The van der Waals surface area contributed by atoms with E-state index in [2.05, 4.69) is 10.3 Å². The number of benzene rings is 3. The van der Waals surface area contributed by atoms with E-state index in [9.17, 15) is 14.7 Å². The molecule has 31 heavy (non-hydrogen) atoms. The monoisotopic (exact) mass is 434 g/mol. The van der Waals surface area contributed by atoms with E-state index in [1.54, 1.807) is 18.2 Å². The fourth-order valence-corrected chi connectivity index (χ4v) is 3.87. The maximum Gasteiger partial charge on any atom is 0.326 e. The molecular weight excluding hydrogens is 416 g/mol. The lowest BCUT2D eigenvalue weighted by Gasteiger charge is -2.17. The minimum Gasteiger partial charge on any atom is -0.495 e. The number of halogens is 1. The lowest BCUT2D eigenvalue weighted by atomic mass is 10.0. The van der Waals surface area contributed by atoms with E-state index in [0.717, 1.165) is 0 Å². The Hall–Kier alpha value is -3.64. The number of para-hydroxylation sites is 2. The molecular formula is C24H19ClN2O4. The van der Waals surface area contributed by atoms with Gasteiger partial charge in [0.15, 0.2) is 0 Å². The summed E-state index contributed by atoms with van der Waals surface area (Å²) in [4.78, 5) is 29.8. The first-order valence-electron chi connectivity index (χ1n) is 9.61. The van der Waals surface area contributed by atoms with E-state index in [-0.39, 0.29) is 6.42 Å². The number of amides is 1. The summed E-state index contributed by atoms with van der Waals surface area (Å²) in [7, 11) is 1.50. The minimum atomic E-state index is -1.14. The van der Waals surface area contributed by atoms with Crippen molar-refractivity contribution in [1.82, 2.24) is 10.3 Å². The fourth-order valence-electron chi connectivity index (χ4n) is 3.59. The first-order chi connectivity index (χ1) is 15.0. The van der Waals surface area contributed by atoms with Gasteiger partial charge in [0.05, 0.1) is 28.7 Å². The molecule has 7 heteroatoms. The van der Waals surface area contributed by atoms with Crippen LogP contribution < -0.4 is 10.1 Å². The normalized spacial score (nSPS) is 11.9. The van der Waals surface area contributed by atoms with Crippen LogP contribution >= 0.6 is 11.6 Å². The largest absolute Gasteiger partial charge is 0.495 e. The molecule has 0 aliphatic carbocycles. The highest BCUT2D eigenvalue weighted by molar-refractivity contribution is 6.32. The van der Waals surface area contributed by atoms with Crippen molar-refractivity contribution in [3.05, 3.63) is 82.9 Å². The Balaban J connectivity index is 1.70. The molecule has 156 valence electrons. The molecule has 1 amide bonds. The third kappa shape index (κ3) is 4.15. The maximum atomic E-state index is 13.3. The van der Waals surface area contributed by atoms with Gasteiger partial charge in [0, 0.05) is 17.2 Å². The number of aliphatic carboxylic acids is 1. The van der Waals surface area contributed by atoms with Crippen molar-refractivity contribution < 1.29 is 19.4 Å². The molecule has 0 spiro atoms. The zero-order valence-corrected chi connectivity index (χ0v) is 17.4. The van der Waals surface area contributed by atoms with Crippen LogP contribution in [0.1, 0.15) is 15.9 Å². The third-order valence-electron chi connectivity index (χ3n) is 5.07. The van der Waals surface area contributed by atoms with Crippen LogP contribution in [0.2, 0.25) is 5.02 Å². The number of aromatic nitrogens is 1. The first-order valence-corrected chi connectivity index (χ1v) is 9.99. The van der Waals surface area contributed by atoms with Crippen molar-refractivity contribution in [2.75, 3.05) is 7.11 Å². The van der Waals surface area contributed by atoms with Crippen molar-refractivity contribution in [2.45, 2.75) is 12.5 Å². The van der Waals surface area contributed by atoms with E-state index in [0.29, 0.717) is 43.7 Å². The molecule has 0 aliphatic heterocycles. The molecule has 3 aromatic carbocycles. The van der Waals surface area contributed by atoms with Gasteiger partial charge in [-0.15, -0.1) is 0 Å². The highest BCUT2D eigenvalue weighted by Crippen LogP contribution is 2.27. The summed E-state index contributed by atoms with van der Waals surface area (Å²) in [6.07, 6.45) is 0.0751. The Morgan fingerprint density at radius 3 is 2.19 bits per heavy atom. The molecule has 2 N–H and O–H groups in total. The molecule has 0 unspecified atom stereocenters. The van der Waals surface area contributed by atoms with Gasteiger partial charge in [-0.2, -0.15) is 0 Å². The summed E-state index contributed by atoms with van der Waals surface area (Å²) in [6, 6.07) is 18.5. The van der Waals surface area contributed by atoms with E-state index in [1.807, 2.05) is 48.5 Å². The number of carboxylic acids is 1. The quantitative estimate of drug-likeness (QED) is 0.437.